The van der Waals surface area contributed by atoms with Gasteiger partial charge in [0, 0.05) is 45.8 Å². The van der Waals surface area contributed by atoms with Crippen LogP contribution >= 0.6 is 27.3 Å². The van der Waals surface area contributed by atoms with Gasteiger partial charge in [0.25, 0.3) is 0 Å². The van der Waals surface area contributed by atoms with E-state index in [1.807, 2.05) is 40.0 Å². The van der Waals surface area contributed by atoms with Crippen molar-refractivity contribution in [2.45, 2.75) is 53.2 Å². The fourth-order valence-electron chi connectivity index (χ4n) is 3.69. The van der Waals surface area contributed by atoms with Crippen LogP contribution in [0.5, 0.6) is 5.75 Å². The van der Waals surface area contributed by atoms with Crippen LogP contribution < -0.4 is 4.74 Å². The molecule has 0 aliphatic carbocycles. The highest BCUT2D eigenvalue weighted by atomic mass is 79.9. The summed E-state index contributed by atoms with van der Waals surface area (Å²) in [6, 6.07) is 6.68. The zero-order chi connectivity index (χ0) is 23.5. The third kappa shape index (κ3) is 5.30. The van der Waals surface area contributed by atoms with E-state index in [0.29, 0.717) is 12.2 Å². The first-order valence-electron chi connectivity index (χ1n) is 10.8. The van der Waals surface area contributed by atoms with Gasteiger partial charge in [-0.3, -0.25) is 9.67 Å². The molecule has 0 aliphatic rings. The highest BCUT2D eigenvalue weighted by Crippen LogP contribution is 2.37. The largest absolute Gasteiger partial charge is 0.484 e. The molecule has 0 bridgehead atoms. The molecule has 3 aromatic heterocycles. The molecule has 6 nitrogen and oxygen atoms in total. The van der Waals surface area contributed by atoms with Gasteiger partial charge < -0.3 is 4.74 Å². The van der Waals surface area contributed by atoms with Crippen LogP contribution in [0, 0.1) is 12.7 Å². The zero-order valence-corrected chi connectivity index (χ0v) is 21.4. The monoisotopic (exact) mass is 529 g/mol. The highest BCUT2D eigenvalue weighted by molar-refractivity contribution is 9.10. The molecule has 0 amide bonds. The summed E-state index contributed by atoms with van der Waals surface area (Å²) in [5.74, 6) is 0.368. The first kappa shape index (κ1) is 23.5. The van der Waals surface area contributed by atoms with Gasteiger partial charge in [-0.15, -0.1) is 16.4 Å². The Morgan fingerprint density at radius 2 is 2.06 bits per heavy atom. The Kier molecular flexibility index (Phi) is 7.19. The molecule has 1 aromatic carbocycles. The van der Waals surface area contributed by atoms with Crippen molar-refractivity contribution in [3.8, 4) is 17.0 Å². The number of ether oxygens (including phenoxy) is 1. The summed E-state index contributed by atoms with van der Waals surface area (Å²) in [5, 5.41) is 9.36. The third-order valence-electron chi connectivity index (χ3n) is 5.30. The van der Waals surface area contributed by atoms with E-state index >= 15 is 0 Å². The summed E-state index contributed by atoms with van der Waals surface area (Å²) in [4.78, 5) is 10.3. The van der Waals surface area contributed by atoms with E-state index in [1.54, 1.807) is 28.3 Å². The van der Waals surface area contributed by atoms with Crippen LogP contribution in [0.4, 0.5) is 4.39 Å². The minimum atomic E-state index is -0.409. The van der Waals surface area contributed by atoms with Gasteiger partial charge in [-0.2, -0.15) is 0 Å². The first-order valence-corrected chi connectivity index (χ1v) is 12.4. The van der Waals surface area contributed by atoms with Gasteiger partial charge in [0.1, 0.15) is 17.7 Å². The van der Waals surface area contributed by atoms with Gasteiger partial charge in [0.2, 0.25) is 0 Å². The van der Waals surface area contributed by atoms with Crippen molar-refractivity contribution in [3.05, 3.63) is 73.8 Å². The van der Waals surface area contributed by atoms with Gasteiger partial charge in [-0.1, -0.05) is 12.1 Å². The molecular formula is C24H25BrFN5OS. The van der Waals surface area contributed by atoms with Crippen LogP contribution in [0.15, 0.2) is 41.1 Å². The normalized spacial score (nSPS) is 12.2. The quantitative estimate of drug-likeness (QED) is 0.267. The molecule has 1 atom stereocenters. The summed E-state index contributed by atoms with van der Waals surface area (Å²) in [6.07, 6.45) is 4.64. The molecule has 9 heteroatoms. The van der Waals surface area contributed by atoms with Crippen LogP contribution in [-0.2, 0) is 19.4 Å². The fourth-order valence-corrected chi connectivity index (χ4v) is 4.97. The lowest BCUT2D eigenvalue weighted by Gasteiger charge is -2.20. The molecule has 172 valence electrons. The third-order valence-corrected chi connectivity index (χ3v) is 6.70. The number of aromatic nitrogens is 5. The average Bonchev–Trinajstić information content (AvgIpc) is 3.40. The van der Waals surface area contributed by atoms with Crippen molar-refractivity contribution in [1.82, 2.24) is 25.0 Å². The molecule has 0 aliphatic heterocycles. The number of nitrogens with zero attached hydrogens (tertiary/aromatic N) is 5. The molecule has 0 saturated carbocycles. The average molecular weight is 530 g/mol. The molecule has 4 rings (SSSR count). The maximum atomic E-state index is 14.4. The molecule has 0 spiro atoms. The number of aryl methyl sites for hydroxylation is 3. The van der Waals surface area contributed by atoms with Gasteiger partial charge in [0.05, 0.1) is 22.1 Å². The Balaban J connectivity index is 1.71. The minimum Gasteiger partial charge on any atom is -0.484 e. The van der Waals surface area contributed by atoms with E-state index in [-0.39, 0.29) is 5.82 Å². The summed E-state index contributed by atoms with van der Waals surface area (Å²) in [6.45, 7) is 8.72. The van der Waals surface area contributed by atoms with E-state index < -0.39 is 6.10 Å². The number of benzene rings is 1. The van der Waals surface area contributed by atoms with E-state index in [0.717, 1.165) is 55.5 Å². The summed E-state index contributed by atoms with van der Waals surface area (Å²) >= 11 is 5.08. The van der Waals surface area contributed by atoms with Crippen molar-refractivity contribution in [3.63, 3.8) is 0 Å². The number of thiazole rings is 1. The second kappa shape index (κ2) is 10.1. The number of hydrogen-bond donors (Lipinski definition) is 0. The minimum absolute atomic E-state index is 0.313. The van der Waals surface area contributed by atoms with Crippen LogP contribution in [-0.4, -0.2) is 25.0 Å². The van der Waals surface area contributed by atoms with E-state index in [1.165, 1.54) is 12.1 Å². The van der Waals surface area contributed by atoms with Crippen molar-refractivity contribution in [1.29, 1.82) is 0 Å². The van der Waals surface area contributed by atoms with Gasteiger partial charge in [-0.25, -0.2) is 9.37 Å². The lowest BCUT2D eigenvalue weighted by molar-refractivity contribution is 0.223. The lowest BCUT2D eigenvalue weighted by atomic mass is 9.98. The Morgan fingerprint density at radius 1 is 1.24 bits per heavy atom. The fraction of sp³-hybridized carbons (Fsp3) is 0.333. The Bertz CT molecular complexity index is 1270. The SMILES string of the molecule is CCc1ncc(Br)cc1O[C@H](C)c1cc(F)ccc1-c1nc(C)sc1Cc1cn(CC)nn1. The summed E-state index contributed by atoms with van der Waals surface area (Å²) < 4.78 is 23.3. The van der Waals surface area contributed by atoms with E-state index in [9.17, 15) is 4.39 Å². The van der Waals surface area contributed by atoms with Crippen molar-refractivity contribution in [2.75, 3.05) is 0 Å². The Labute approximate surface area is 205 Å². The predicted molar refractivity (Wildman–Crippen MR) is 131 cm³/mol. The predicted octanol–water partition coefficient (Wildman–Crippen LogP) is 6.32. The number of hydrogen-bond acceptors (Lipinski definition) is 6. The van der Waals surface area contributed by atoms with E-state index in [2.05, 4.69) is 31.2 Å². The second-order valence-electron chi connectivity index (χ2n) is 7.69. The van der Waals surface area contributed by atoms with Crippen molar-refractivity contribution in [2.24, 2.45) is 0 Å². The van der Waals surface area contributed by atoms with Crippen LogP contribution in [0.25, 0.3) is 11.3 Å². The molecule has 33 heavy (non-hydrogen) atoms. The smallest absolute Gasteiger partial charge is 0.142 e. The molecule has 0 fully saturated rings. The number of halogens is 2. The first-order chi connectivity index (χ1) is 15.9. The molecule has 0 radical (unpaired) electrons. The van der Waals surface area contributed by atoms with Crippen LogP contribution in [0.2, 0.25) is 0 Å². The second-order valence-corrected chi connectivity index (χ2v) is 9.89. The van der Waals surface area contributed by atoms with E-state index in [4.69, 9.17) is 9.72 Å². The van der Waals surface area contributed by atoms with Crippen molar-refractivity contribution >= 4 is 27.3 Å². The van der Waals surface area contributed by atoms with Crippen molar-refractivity contribution < 1.29 is 9.13 Å². The molecule has 0 N–H and O–H groups in total. The number of pyridine rings is 1. The summed E-state index contributed by atoms with van der Waals surface area (Å²) in [7, 11) is 0. The maximum absolute atomic E-state index is 14.4. The lowest BCUT2D eigenvalue weighted by Crippen LogP contribution is -2.08. The molecule has 0 unspecified atom stereocenters. The standard InChI is InChI=1S/C24H25BrFN5OS/c1-5-21-22(9-16(25)12-27-21)32-14(3)20-10-17(26)7-8-19(20)24-23(33-15(4)28-24)11-18-13-31(6-2)30-29-18/h7-10,12-14H,5-6,11H2,1-4H3/t14-/m1/s1. The maximum Gasteiger partial charge on any atom is 0.142 e. The highest BCUT2D eigenvalue weighted by Gasteiger charge is 2.21. The molecule has 3 heterocycles. The number of rotatable bonds is 8. The molecule has 0 saturated heterocycles. The Hall–Kier alpha value is -2.65. The summed E-state index contributed by atoms with van der Waals surface area (Å²) in [5.41, 5.74) is 4.15. The van der Waals surface area contributed by atoms with Crippen LogP contribution in [0.1, 0.15) is 53.7 Å². The van der Waals surface area contributed by atoms with Gasteiger partial charge >= 0.3 is 0 Å². The zero-order valence-electron chi connectivity index (χ0n) is 19.0. The van der Waals surface area contributed by atoms with Gasteiger partial charge in [-0.05, 0) is 67.4 Å². The van der Waals surface area contributed by atoms with Gasteiger partial charge in [0.15, 0.2) is 0 Å². The molecular weight excluding hydrogens is 505 g/mol. The Morgan fingerprint density at radius 3 is 2.79 bits per heavy atom. The van der Waals surface area contributed by atoms with Crippen LogP contribution in [0.3, 0.4) is 0 Å². The topological polar surface area (TPSA) is 65.7 Å². The molecule has 4 aromatic rings.